The number of ether oxygens (including phenoxy) is 2. The van der Waals surface area contributed by atoms with E-state index in [4.69, 9.17) is 9.47 Å². The minimum absolute atomic E-state index is 0.00109. The standard InChI is InChI=1S/C24H33NO4Si/c1-24(2,3)30(4,5)25-21(23(27)29-18-20-14-10-7-11-15-20)16-22(26)28-17-19-12-8-6-9-13-19/h6-15,21,25H,16-18H2,1-5H3/t21-/m0/s1. The van der Waals surface area contributed by atoms with Crippen LogP contribution >= 0.6 is 0 Å². The molecular weight excluding hydrogens is 394 g/mol. The summed E-state index contributed by atoms with van der Waals surface area (Å²) in [5.41, 5.74) is 1.81. The number of hydrogen-bond acceptors (Lipinski definition) is 5. The molecule has 0 aliphatic heterocycles. The van der Waals surface area contributed by atoms with E-state index in [0.29, 0.717) is 0 Å². The summed E-state index contributed by atoms with van der Waals surface area (Å²) in [6, 6.07) is 18.3. The maximum Gasteiger partial charge on any atom is 0.323 e. The minimum atomic E-state index is -2.05. The Hall–Kier alpha value is -2.44. The molecule has 162 valence electrons. The Morgan fingerprint density at radius 2 is 1.33 bits per heavy atom. The van der Waals surface area contributed by atoms with E-state index in [0.717, 1.165) is 11.1 Å². The molecule has 0 unspecified atom stereocenters. The summed E-state index contributed by atoms with van der Waals surface area (Å²) in [7, 11) is -2.05. The predicted octanol–water partition coefficient (Wildman–Crippen LogP) is 4.83. The first-order valence-electron chi connectivity index (χ1n) is 10.3. The van der Waals surface area contributed by atoms with Crippen molar-refractivity contribution < 1.29 is 19.1 Å². The highest BCUT2D eigenvalue weighted by atomic mass is 28.3. The Bertz CT molecular complexity index is 816. The van der Waals surface area contributed by atoms with Crippen molar-refractivity contribution in [3.8, 4) is 0 Å². The number of carbonyl (C=O) groups excluding carboxylic acids is 2. The van der Waals surface area contributed by atoms with E-state index in [2.05, 4.69) is 38.8 Å². The van der Waals surface area contributed by atoms with E-state index in [1.165, 1.54) is 0 Å². The zero-order valence-electron chi connectivity index (χ0n) is 18.6. The molecule has 0 saturated heterocycles. The van der Waals surface area contributed by atoms with Crippen LogP contribution in [0.5, 0.6) is 0 Å². The first-order chi connectivity index (χ1) is 14.1. The zero-order chi connectivity index (χ0) is 22.2. The maximum atomic E-state index is 12.9. The van der Waals surface area contributed by atoms with Gasteiger partial charge in [-0.3, -0.25) is 9.59 Å². The van der Waals surface area contributed by atoms with Crippen LogP contribution in [0.2, 0.25) is 18.1 Å². The molecular formula is C24H33NO4Si. The third-order valence-corrected chi connectivity index (χ3v) is 10.4. The molecule has 0 amide bonds. The first-order valence-corrected chi connectivity index (χ1v) is 13.3. The fourth-order valence-corrected chi connectivity index (χ4v) is 4.16. The normalized spacial score (nSPS) is 12.8. The monoisotopic (exact) mass is 427 g/mol. The van der Waals surface area contributed by atoms with E-state index >= 15 is 0 Å². The molecule has 0 aliphatic rings. The van der Waals surface area contributed by atoms with Crippen LogP contribution in [-0.4, -0.2) is 26.2 Å². The number of benzene rings is 2. The number of rotatable bonds is 9. The van der Waals surface area contributed by atoms with Crippen molar-refractivity contribution in [2.24, 2.45) is 0 Å². The fourth-order valence-electron chi connectivity index (χ4n) is 2.64. The van der Waals surface area contributed by atoms with Crippen molar-refractivity contribution in [3.63, 3.8) is 0 Å². The molecule has 0 fully saturated rings. The van der Waals surface area contributed by atoms with E-state index in [1.807, 2.05) is 60.7 Å². The SMILES string of the molecule is CC(C)(C)[Si](C)(C)N[C@@H](CC(=O)OCc1ccccc1)C(=O)OCc1ccccc1. The molecule has 0 aromatic heterocycles. The van der Waals surface area contributed by atoms with Crippen molar-refractivity contribution in [2.75, 3.05) is 0 Å². The summed E-state index contributed by atoms with van der Waals surface area (Å²) in [5, 5.41) is -0.00109. The second kappa shape index (κ2) is 10.5. The molecule has 5 nitrogen and oxygen atoms in total. The van der Waals surface area contributed by atoms with E-state index in [1.54, 1.807) is 0 Å². The Kier molecular flexibility index (Phi) is 8.38. The van der Waals surface area contributed by atoms with Gasteiger partial charge in [-0.2, -0.15) is 0 Å². The first kappa shape index (κ1) is 23.8. The van der Waals surface area contributed by atoms with E-state index < -0.39 is 26.2 Å². The Labute approximate surface area is 180 Å². The van der Waals surface area contributed by atoms with Crippen LogP contribution in [0, 0.1) is 0 Å². The van der Waals surface area contributed by atoms with Crippen LogP contribution in [-0.2, 0) is 32.3 Å². The molecule has 6 heteroatoms. The van der Waals surface area contributed by atoms with Gasteiger partial charge < -0.3 is 14.5 Å². The third-order valence-electron chi connectivity index (χ3n) is 5.53. The Morgan fingerprint density at radius 3 is 1.80 bits per heavy atom. The van der Waals surface area contributed by atoms with Gasteiger partial charge in [0, 0.05) is 0 Å². The van der Waals surface area contributed by atoms with Gasteiger partial charge in [-0.15, -0.1) is 0 Å². The van der Waals surface area contributed by atoms with Crippen LogP contribution < -0.4 is 4.98 Å². The number of hydrogen-bond donors (Lipinski definition) is 1. The molecule has 1 atom stereocenters. The van der Waals surface area contributed by atoms with Crippen molar-refractivity contribution >= 4 is 20.2 Å². The molecule has 1 N–H and O–H groups in total. The maximum absolute atomic E-state index is 12.9. The molecule has 0 saturated carbocycles. The summed E-state index contributed by atoms with van der Waals surface area (Å²) in [5.74, 6) is -0.855. The molecule has 0 heterocycles. The Morgan fingerprint density at radius 1 is 0.867 bits per heavy atom. The molecule has 0 spiro atoms. The second-order valence-electron chi connectivity index (χ2n) is 9.02. The van der Waals surface area contributed by atoms with Gasteiger partial charge in [0.15, 0.2) is 0 Å². The Balaban J connectivity index is 2.03. The van der Waals surface area contributed by atoms with Gasteiger partial charge in [-0.05, 0) is 16.2 Å². The predicted molar refractivity (Wildman–Crippen MR) is 121 cm³/mol. The highest BCUT2D eigenvalue weighted by Gasteiger charge is 2.40. The van der Waals surface area contributed by atoms with Gasteiger partial charge in [0.05, 0.1) is 6.42 Å². The average molecular weight is 428 g/mol. The smallest absolute Gasteiger partial charge is 0.323 e. The summed E-state index contributed by atoms with van der Waals surface area (Å²) in [6.07, 6.45) is -0.0625. The van der Waals surface area contributed by atoms with Gasteiger partial charge in [0.2, 0.25) is 0 Å². The van der Waals surface area contributed by atoms with Crippen molar-refractivity contribution in [1.82, 2.24) is 4.98 Å². The van der Waals surface area contributed by atoms with Gasteiger partial charge in [0.1, 0.15) is 27.5 Å². The summed E-state index contributed by atoms with van der Waals surface area (Å²) in [4.78, 5) is 28.8. The third kappa shape index (κ3) is 7.43. The lowest BCUT2D eigenvalue weighted by Gasteiger charge is -2.39. The summed E-state index contributed by atoms with van der Waals surface area (Å²) >= 11 is 0. The van der Waals surface area contributed by atoms with Crippen LogP contribution in [0.15, 0.2) is 60.7 Å². The van der Waals surface area contributed by atoms with E-state index in [-0.39, 0.29) is 24.7 Å². The lowest BCUT2D eigenvalue weighted by atomic mass is 10.2. The van der Waals surface area contributed by atoms with Crippen molar-refractivity contribution in [3.05, 3.63) is 71.8 Å². The molecule has 2 rings (SSSR count). The number of nitrogens with one attached hydrogen (secondary N) is 1. The van der Waals surface area contributed by atoms with Crippen molar-refractivity contribution in [1.29, 1.82) is 0 Å². The molecule has 30 heavy (non-hydrogen) atoms. The quantitative estimate of drug-likeness (QED) is 0.459. The highest BCUT2D eigenvalue weighted by Crippen LogP contribution is 2.34. The summed E-state index contributed by atoms with van der Waals surface area (Å²) < 4.78 is 10.9. The lowest BCUT2D eigenvalue weighted by Crippen LogP contribution is -2.59. The van der Waals surface area contributed by atoms with Gasteiger partial charge >= 0.3 is 11.9 Å². The van der Waals surface area contributed by atoms with Gasteiger partial charge in [0.25, 0.3) is 0 Å². The molecule has 0 aliphatic carbocycles. The van der Waals surface area contributed by atoms with E-state index in [9.17, 15) is 9.59 Å². The zero-order valence-corrected chi connectivity index (χ0v) is 19.6. The summed E-state index contributed by atoms with van der Waals surface area (Å²) in [6.45, 7) is 11.1. The molecule has 0 bridgehead atoms. The van der Waals surface area contributed by atoms with Gasteiger partial charge in [-0.1, -0.05) is 94.5 Å². The minimum Gasteiger partial charge on any atom is -0.461 e. The number of carbonyl (C=O) groups is 2. The highest BCUT2D eigenvalue weighted by molar-refractivity contribution is 6.78. The molecule has 2 aromatic rings. The van der Waals surface area contributed by atoms with Crippen LogP contribution in [0.3, 0.4) is 0 Å². The number of esters is 2. The lowest BCUT2D eigenvalue weighted by molar-refractivity contribution is -0.153. The molecule has 0 radical (unpaired) electrons. The fraction of sp³-hybridized carbons (Fsp3) is 0.417. The second-order valence-corrected chi connectivity index (χ2v) is 14.1. The van der Waals surface area contributed by atoms with Crippen LogP contribution in [0.1, 0.15) is 38.3 Å². The van der Waals surface area contributed by atoms with Crippen LogP contribution in [0.25, 0.3) is 0 Å². The molecule has 2 aromatic carbocycles. The largest absolute Gasteiger partial charge is 0.461 e. The van der Waals surface area contributed by atoms with Crippen molar-refractivity contribution in [2.45, 2.75) is 64.6 Å². The van der Waals surface area contributed by atoms with Gasteiger partial charge in [-0.25, -0.2) is 0 Å². The average Bonchev–Trinajstić information content (AvgIpc) is 2.70. The van der Waals surface area contributed by atoms with Crippen LogP contribution in [0.4, 0.5) is 0 Å². The topological polar surface area (TPSA) is 64.6 Å².